The van der Waals surface area contributed by atoms with Gasteiger partial charge in [0, 0.05) is 35.8 Å². The minimum atomic E-state index is -0.918. The van der Waals surface area contributed by atoms with Crippen LogP contribution in [0.3, 0.4) is 0 Å². The molecule has 0 aliphatic heterocycles. The molecule has 4 aromatic carbocycles. The van der Waals surface area contributed by atoms with Crippen molar-refractivity contribution >= 4 is 34.6 Å². The van der Waals surface area contributed by atoms with Crippen molar-refractivity contribution in [2.24, 2.45) is 5.18 Å². The highest BCUT2D eigenvalue weighted by atomic mass is 35.5. The van der Waals surface area contributed by atoms with Crippen molar-refractivity contribution in [1.82, 2.24) is 5.32 Å². The largest absolute Gasteiger partial charge is 0.488 e. The van der Waals surface area contributed by atoms with Gasteiger partial charge in [-0.2, -0.15) is 0 Å². The third-order valence-corrected chi connectivity index (χ3v) is 6.95. The first-order valence-corrected chi connectivity index (χ1v) is 13.4. The molecule has 11 heteroatoms. The van der Waals surface area contributed by atoms with Gasteiger partial charge in [-0.3, -0.25) is 0 Å². The van der Waals surface area contributed by atoms with E-state index in [4.69, 9.17) is 43.5 Å². The minimum Gasteiger partial charge on any atom is -0.488 e. The third-order valence-electron chi connectivity index (χ3n) is 6.20. The number of hydrogen-bond acceptors (Lipinski definition) is 8. The van der Waals surface area contributed by atoms with Gasteiger partial charge in [0.25, 0.3) is 0 Å². The molecule has 4 rings (SSSR count). The summed E-state index contributed by atoms with van der Waals surface area (Å²) in [4.78, 5) is 10.8. The second-order valence-electron chi connectivity index (χ2n) is 9.21. The molecular formula is C30H28Cl2FN3O5. The van der Waals surface area contributed by atoms with Crippen molar-refractivity contribution in [3.05, 3.63) is 110 Å². The number of nitroso groups, excluding NO2 is 1. The highest BCUT2D eigenvalue weighted by Crippen LogP contribution is 2.36. The maximum absolute atomic E-state index is 13.8. The van der Waals surface area contributed by atoms with Gasteiger partial charge in [0.2, 0.25) is 0 Å². The van der Waals surface area contributed by atoms with Crippen LogP contribution in [0.5, 0.6) is 11.5 Å². The standard InChI is InChI=1S/C30H28Cl2FN3O5/c31-25-11-21(13-35-14-23(38)15-37)28(40-16-18-7-8-27(36-39)26(34)9-18)12-29(25)41-17-20-4-2-6-24(30(20)32)19-3-1-5-22(33)10-19/h1-12,23,35,37-38H,13-17,34H2. The van der Waals surface area contributed by atoms with Gasteiger partial charge < -0.3 is 30.7 Å². The number of aliphatic hydroxyl groups is 2. The van der Waals surface area contributed by atoms with Crippen molar-refractivity contribution in [1.29, 1.82) is 0 Å². The number of aliphatic hydroxyl groups excluding tert-OH is 2. The average Bonchev–Trinajstić information content (AvgIpc) is 2.96. The van der Waals surface area contributed by atoms with Crippen LogP contribution < -0.4 is 20.5 Å². The molecule has 0 aromatic heterocycles. The molecule has 0 spiro atoms. The van der Waals surface area contributed by atoms with Crippen LogP contribution in [-0.4, -0.2) is 29.5 Å². The molecule has 4 aromatic rings. The molecule has 1 unspecified atom stereocenters. The Morgan fingerprint density at radius 2 is 1.73 bits per heavy atom. The maximum atomic E-state index is 13.8. The number of rotatable bonds is 13. The quantitative estimate of drug-likeness (QED) is 0.104. The molecule has 8 nitrogen and oxygen atoms in total. The fourth-order valence-corrected chi connectivity index (χ4v) is 4.59. The Morgan fingerprint density at radius 1 is 0.951 bits per heavy atom. The SMILES string of the molecule is Nc1cc(COc2cc(OCc3cccc(-c4cccc(F)c4)c3Cl)c(Cl)cc2CNCC(O)CO)ccc1N=O. The van der Waals surface area contributed by atoms with Crippen molar-refractivity contribution in [2.75, 3.05) is 18.9 Å². The average molecular weight is 600 g/mol. The van der Waals surface area contributed by atoms with Crippen molar-refractivity contribution in [3.8, 4) is 22.6 Å². The second kappa shape index (κ2) is 14.2. The lowest BCUT2D eigenvalue weighted by Crippen LogP contribution is -2.29. The number of ether oxygens (including phenoxy) is 2. The number of hydrogen-bond donors (Lipinski definition) is 4. The predicted molar refractivity (Wildman–Crippen MR) is 158 cm³/mol. The summed E-state index contributed by atoms with van der Waals surface area (Å²) in [6.07, 6.45) is -0.918. The fraction of sp³-hybridized carbons (Fsp3) is 0.200. The lowest BCUT2D eigenvalue weighted by molar-refractivity contribution is 0.0941. The third kappa shape index (κ3) is 7.93. The molecule has 0 bridgehead atoms. The van der Waals surface area contributed by atoms with Gasteiger partial charge in [-0.1, -0.05) is 59.6 Å². The van der Waals surface area contributed by atoms with Gasteiger partial charge in [-0.05, 0) is 46.6 Å². The van der Waals surface area contributed by atoms with Crippen molar-refractivity contribution in [2.45, 2.75) is 25.9 Å². The molecule has 214 valence electrons. The highest BCUT2D eigenvalue weighted by Gasteiger charge is 2.15. The summed E-state index contributed by atoms with van der Waals surface area (Å²) in [5.41, 5.74) is 9.63. The minimum absolute atomic E-state index is 0.0815. The molecule has 5 N–H and O–H groups in total. The Bertz CT molecular complexity index is 1520. The van der Waals surface area contributed by atoms with Crippen molar-refractivity contribution in [3.63, 3.8) is 0 Å². The smallest absolute Gasteiger partial charge is 0.142 e. The Labute approximate surface area is 246 Å². The molecule has 0 aliphatic carbocycles. The molecule has 1 atom stereocenters. The van der Waals surface area contributed by atoms with E-state index >= 15 is 0 Å². The van der Waals surface area contributed by atoms with Crippen LogP contribution >= 0.6 is 23.2 Å². The number of nitrogens with one attached hydrogen (secondary N) is 1. The molecule has 0 saturated heterocycles. The second-order valence-corrected chi connectivity index (χ2v) is 9.99. The summed E-state index contributed by atoms with van der Waals surface area (Å²) in [5.74, 6) is 0.429. The van der Waals surface area contributed by atoms with Gasteiger partial charge in [-0.15, -0.1) is 4.91 Å². The van der Waals surface area contributed by atoms with E-state index in [2.05, 4.69) is 10.5 Å². The van der Waals surface area contributed by atoms with E-state index in [1.165, 1.54) is 18.2 Å². The van der Waals surface area contributed by atoms with Gasteiger partial charge in [0.15, 0.2) is 0 Å². The first-order valence-electron chi connectivity index (χ1n) is 12.6. The monoisotopic (exact) mass is 599 g/mol. The normalized spacial score (nSPS) is 11.7. The number of benzene rings is 4. The number of halogens is 3. The lowest BCUT2D eigenvalue weighted by atomic mass is 10.0. The zero-order chi connectivity index (χ0) is 29.4. The maximum Gasteiger partial charge on any atom is 0.142 e. The summed E-state index contributed by atoms with van der Waals surface area (Å²) < 4.78 is 25.9. The van der Waals surface area contributed by atoms with E-state index < -0.39 is 6.10 Å². The molecular weight excluding hydrogens is 572 g/mol. The number of anilines is 1. The summed E-state index contributed by atoms with van der Waals surface area (Å²) in [6, 6.07) is 19.7. The fourth-order valence-electron chi connectivity index (χ4n) is 4.06. The highest BCUT2D eigenvalue weighted by molar-refractivity contribution is 6.34. The topological polar surface area (TPSA) is 126 Å². The van der Waals surface area contributed by atoms with Crippen LogP contribution in [0, 0.1) is 10.7 Å². The summed E-state index contributed by atoms with van der Waals surface area (Å²) >= 11 is 13.2. The number of nitrogens with zero attached hydrogens (tertiary/aromatic N) is 1. The van der Waals surface area contributed by atoms with Gasteiger partial charge in [0.05, 0.1) is 28.4 Å². The van der Waals surface area contributed by atoms with Gasteiger partial charge in [-0.25, -0.2) is 4.39 Å². The van der Waals surface area contributed by atoms with E-state index in [1.807, 2.05) is 12.1 Å². The van der Waals surface area contributed by atoms with E-state index in [0.29, 0.717) is 49.4 Å². The lowest BCUT2D eigenvalue weighted by Gasteiger charge is -2.17. The number of nitrogens with two attached hydrogens (primary N) is 1. The zero-order valence-electron chi connectivity index (χ0n) is 21.8. The van der Waals surface area contributed by atoms with Crippen LogP contribution in [0.25, 0.3) is 11.1 Å². The van der Waals surface area contributed by atoms with Crippen LogP contribution in [-0.2, 0) is 19.8 Å². The predicted octanol–water partition coefficient (Wildman–Crippen LogP) is 6.38. The zero-order valence-corrected chi connectivity index (χ0v) is 23.3. The molecule has 0 amide bonds. The first-order chi connectivity index (χ1) is 19.8. The molecule has 0 aliphatic rings. The van der Waals surface area contributed by atoms with E-state index in [0.717, 1.165) is 0 Å². The molecule has 0 saturated carbocycles. The Hall–Kier alpha value is -3.73. The van der Waals surface area contributed by atoms with Crippen LogP contribution in [0.4, 0.5) is 15.8 Å². The summed E-state index contributed by atoms with van der Waals surface area (Å²) in [6.45, 7) is 0.267. The molecule has 0 heterocycles. The molecule has 41 heavy (non-hydrogen) atoms. The van der Waals surface area contributed by atoms with E-state index in [1.54, 1.807) is 42.5 Å². The summed E-state index contributed by atoms with van der Waals surface area (Å²) in [5, 5.41) is 25.4. The van der Waals surface area contributed by atoms with Crippen LogP contribution in [0.2, 0.25) is 10.0 Å². The van der Waals surface area contributed by atoms with E-state index in [9.17, 15) is 14.4 Å². The number of nitrogen functional groups attached to an aromatic ring is 1. The molecule has 0 radical (unpaired) electrons. The van der Waals surface area contributed by atoms with Crippen molar-refractivity contribution < 1.29 is 24.1 Å². The summed E-state index contributed by atoms with van der Waals surface area (Å²) in [7, 11) is 0. The van der Waals surface area contributed by atoms with Gasteiger partial charge in [0.1, 0.15) is 36.2 Å². The van der Waals surface area contributed by atoms with Crippen LogP contribution in [0.15, 0.2) is 78.0 Å². The van der Waals surface area contributed by atoms with Crippen LogP contribution in [0.1, 0.15) is 16.7 Å². The van der Waals surface area contributed by atoms with E-state index in [-0.39, 0.29) is 50.1 Å². The molecule has 0 fully saturated rings. The Balaban J connectivity index is 1.56. The Kier molecular flexibility index (Phi) is 10.5. The van der Waals surface area contributed by atoms with Gasteiger partial charge >= 0.3 is 0 Å². The Morgan fingerprint density at radius 3 is 2.46 bits per heavy atom. The first kappa shape index (κ1) is 30.2.